The zero-order chi connectivity index (χ0) is 12.0. The van der Waals surface area contributed by atoms with Crippen LogP contribution < -0.4 is 10.1 Å². The van der Waals surface area contributed by atoms with Crippen molar-refractivity contribution in [1.82, 2.24) is 5.32 Å². The smallest absolute Gasteiger partial charge is 0.310 e. The van der Waals surface area contributed by atoms with Crippen LogP contribution in [0.5, 0.6) is 5.75 Å². The third kappa shape index (κ3) is 2.97. The zero-order valence-electron chi connectivity index (χ0n) is 8.90. The van der Waals surface area contributed by atoms with E-state index in [1.165, 1.54) is 6.07 Å². The Kier molecular flexibility index (Phi) is 4.30. The normalized spacial score (nSPS) is 9.50. The second-order valence-electron chi connectivity index (χ2n) is 3.08. The highest BCUT2D eigenvalue weighted by Gasteiger charge is 2.14. The number of nitrogens with one attached hydrogen (secondary N) is 1. The SMILES string of the molecule is C#CCOc1cc(CNC)ccc1[N+](=O)[O-]. The summed E-state index contributed by atoms with van der Waals surface area (Å²) in [5.41, 5.74) is 0.829. The van der Waals surface area contributed by atoms with Gasteiger partial charge in [-0.3, -0.25) is 10.1 Å². The molecule has 5 nitrogen and oxygen atoms in total. The van der Waals surface area contributed by atoms with Crippen LogP contribution in [0, 0.1) is 22.5 Å². The second-order valence-corrected chi connectivity index (χ2v) is 3.08. The molecule has 1 rings (SSSR count). The summed E-state index contributed by atoms with van der Waals surface area (Å²) in [4.78, 5) is 10.2. The van der Waals surface area contributed by atoms with E-state index in [0.717, 1.165) is 5.56 Å². The van der Waals surface area contributed by atoms with E-state index in [1.807, 2.05) is 0 Å². The molecule has 0 spiro atoms. The molecule has 0 amide bonds. The van der Waals surface area contributed by atoms with E-state index < -0.39 is 4.92 Å². The average Bonchev–Trinajstić information content (AvgIpc) is 2.26. The maximum absolute atomic E-state index is 10.7. The van der Waals surface area contributed by atoms with Crippen molar-refractivity contribution in [2.75, 3.05) is 13.7 Å². The molecule has 0 aliphatic heterocycles. The van der Waals surface area contributed by atoms with Gasteiger partial charge in [-0.2, -0.15) is 0 Å². The van der Waals surface area contributed by atoms with Crippen molar-refractivity contribution in [2.24, 2.45) is 0 Å². The maximum Gasteiger partial charge on any atom is 0.310 e. The Labute approximate surface area is 93.6 Å². The minimum absolute atomic E-state index is 0.0177. The summed E-state index contributed by atoms with van der Waals surface area (Å²) < 4.78 is 5.13. The zero-order valence-corrected chi connectivity index (χ0v) is 8.90. The Morgan fingerprint density at radius 2 is 2.38 bits per heavy atom. The minimum atomic E-state index is -0.491. The van der Waals surface area contributed by atoms with Gasteiger partial charge < -0.3 is 10.1 Å². The van der Waals surface area contributed by atoms with Crippen molar-refractivity contribution >= 4 is 5.69 Å². The van der Waals surface area contributed by atoms with Gasteiger partial charge in [0, 0.05) is 12.6 Å². The number of nitrogens with zero attached hydrogens (tertiary/aromatic N) is 1. The molecule has 0 radical (unpaired) electrons. The molecule has 0 fully saturated rings. The number of hydrogen-bond donors (Lipinski definition) is 1. The minimum Gasteiger partial charge on any atom is -0.474 e. The molecule has 1 N–H and O–H groups in total. The van der Waals surface area contributed by atoms with Crippen LogP contribution >= 0.6 is 0 Å². The molecule has 0 bridgehead atoms. The van der Waals surface area contributed by atoms with E-state index in [2.05, 4.69) is 11.2 Å². The molecule has 0 unspecified atom stereocenters. The van der Waals surface area contributed by atoms with Crippen molar-refractivity contribution in [1.29, 1.82) is 0 Å². The molecule has 0 heterocycles. The monoisotopic (exact) mass is 220 g/mol. The van der Waals surface area contributed by atoms with E-state index in [-0.39, 0.29) is 18.0 Å². The summed E-state index contributed by atoms with van der Waals surface area (Å²) in [6.45, 7) is 0.633. The first-order valence-electron chi connectivity index (χ1n) is 4.67. The summed E-state index contributed by atoms with van der Waals surface area (Å²) >= 11 is 0. The molecule has 0 atom stereocenters. The van der Waals surface area contributed by atoms with Crippen molar-refractivity contribution in [3.05, 3.63) is 33.9 Å². The maximum atomic E-state index is 10.7. The van der Waals surface area contributed by atoms with E-state index in [1.54, 1.807) is 19.2 Å². The lowest BCUT2D eigenvalue weighted by atomic mass is 10.2. The van der Waals surface area contributed by atoms with Gasteiger partial charge in [0.25, 0.3) is 0 Å². The topological polar surface area (TPSA) is 64.4 Å². The van der Waals surface area contributed by atoms with Gasteiger partial charge in [-0.05, 0) is 18.7 Å². The Bertz CT molecular complexity index is 424. The fourth-order valence-corrected chi connectivity index (χ4v) is 1.26. The molecule has 5 heteroatoms. The average molecular weight is 220 g/mol. The van der Waals surface area contributed by atoms with Crippen molar-refractivity contribution in [3.63, 3.8) is 0 Å². The predicted octanol–water partition coefficient (Wildman–Crippen LogP) is 1.33. The number of hydrogen-bond acceptors (Lipinski definition) is 4. The van der Waals surface area contributed by atoms with Crippen LogP contribution in [0.3, 0.4) is 0 Å². The van der Waals surface area contributed by atoms with Crippen LogP contribution in [0.25, 0.3) is 0 Å². The number of benzene rings is 1. The second kappa shape index (κ2) is 5.73. The summed E-state index contributed by atoms with van der Waals surface area (Å²) in [5.74, 6) is 2.48. The van der Waals surface area contributed by atoms with Crippen LogP contribution in [-0.2, 0) is 6.54 Å². The standard InChI is InChI=1S/C11H12N2O3/c1-3-6-16-11-7-9(8-12-2)4-5-10(11)13(14)15/h1,4-5,7,12H,6,8H2,2H3. The van der Waals surface area contributed by atoms with Crippen molar-refractivity contribution < 1.29 is 9.66 Å². The Hall–Kier alpha value is -2.06. The van der Waals surface area contributed by atoms with E-state index in [9.17, 15) is 10.1 Å². The van der Waals surface area contributed by atoms with Crippen LogP contribution in [0.2, 0.25) is 0 Å². The highest BCUT2D eigenvalue weighted by atomic mass is 16.6. The number of rotatable bonds is 5. The number of terminal acetylenes is 1. The lowest BCUT2D eigenvalue weighted by molar-refractivity contribution is -0.385. The van der Waals surface area contributed by atoms with Crippen LogP contribution in [0.1, 0.15) is 5.56 Å². The van der Waals surface area contributed by atoms with Crippen LogP contribution in [0.15, 0.2) is 18.2 Å². The van der Waals surface area contributed by atoms with E-state index >= 15 is 0 Å². The molecule has 0 aliphatic carbocycles. The fourth-order valence-electron chi connectivity index (χ4n) is 1.26. The van der Waals surface area contributed by atoms with E-state index in [4.69, 9.17) is 11.2 Å². The molecule has 1 aromatic rings. The van der Waals surface area contributed by atoms with Crippen molar-refractivity contribution in [2.45, 2.75) is 6.54 Å². The van der Waals surface area contributed by atoms with Gasteiger partial charge in [0.1, 0.15) is 6.61 Å². The van der Waals surface area contributed by atoms with Crippen LogP contribution in [-0.4, -0.2) is 18.6 Å². The lowest BCUT2D eigenvalue weighted by Gasteiger charge is -2.06. The van der Waals surface area contributed by atoms with Crippen LogP contribution in [0.4, 0.5) is 5.69 Å². The molecular formula is C11H12N2O3. The molecule has 84 valence electrons. The molecular weight excluding hydrogens is 208 g/mol. The quantitative estimate of drug-likeness (QED) is 0.462. The predicted molar refractivity (Wildman–Crippen MR) is 60.2 cm³/mol. The third-order valence-electron chi connectivity index (χ3n) is 1.91. The number of nitro benzene ring substituents is 1. The first kappa shape index (κ1) is 12.0. The van der Waals surface area contributed by atoms with Gasteiger partial charge >= 0.3 is 5.69 Å². The number of nitro groups is 1. The summed E-state index contributed by atoms with van der Waals surface area (Å²) in [6.07, 6.45) is 5.04. The van der Waals surface area contributed by atoms with Crippen molar-refractivity contribution in [3.8, 4) is 18.1 Å². The summed E-state index contributed by atoms with van der Waals surface area (Å²) in [6, 6.07) is 4.71. The summed E-state index contributed by atoms with van der Waals surface area (Å²) in [5, 5.41) is 13.7. The molecule has 0 saturated carbocycles. The van der Waals surface area contributed by atoms with Gasteiger partial charge in [0.15, 0.2) is 5.75 Å². The summed E-state index contributed by atoms with van der Waals surface area (Å²) in [7, 11) is 1.80. The highest BCUT2D eigenvalue weighted by Crippen LogP contribution is 2.27. The molecule has 16 heavy (non-hydrogen) atoms. The van der Waals surface area contributed by atoms with Gasteiger partial charge in [0.05, 0.1) is 4.92 Å². The van der Waals surface area contributed by atoms with Gasteiger partial charge in [0.2, 0.25) is 0 Å². The molecule has 0 aliphatic rings. The molecule has 0 saturated heterocycles. The largest absolute Gasteiger partial charge is 0.474 e. The fraction of sp³-hybridized carbons (Fsp3) is 0.273. The van der Waals surface area contributed by atoms with Gasteiger partial charge in [-0.1, -0.05) is 12.0 Å². The first-order valence-corrected chi connectivity index (χ1v) is 4.67. The Balaban J connectivity index is 3.01. The van der Waals surface area contributed by atoms with E-state index in [0.29, 0.717) is 6.54 Å². The molecule has 0 aromatic heterocycles. The number of ether oxygens (including phenoxy) is 1. The highest BCUT2D eigenvalue weighted by molar-refractivity contribution is 5.48. The Morgan fingerprint density at radius 1 is 1.62 bits per heavy atom. The lowest BCUT2D eigenvalue weighted by Crippen LogP contribution is -2.06. The third-order valence-corrected chi connectivity index (χ3v) is 1.91. The van der Waals surface area contributed by atoms with Gasteiger partial charge in [-0.25, -0.2) is 0 Å². The Morgan fingerprint density at radius 3 is 2.94 bits per heavy atom. The van der Waals surface area contributed by atoms with Gasteiger partial charge in [-0.15, -0.1) is 6.42 Å². The first-order chi connectivity index (χ1) is 7.69. The molecule has 1 aromatic carbocycles.